The van der Waals surface area contributed by atoms with Gasteiger partial charge in [0.1, 0.15) is 10.6 Å². The molecule has 0 N–H and O–H groups in total. The number of carbonyl (C=O) groups is 1. The lowest BCUT2D eigenvalue weighted by molar-refractivity contribution is -0.117. The normalized spacial score (nSPS) is 13.3. The number of benzene rings is 1. The van der Waals surface area contributed by atoms with E-state index in [1.54, 1.807) is 34.6 Å². The second-order valence-electron chi connectivity index (χ2n) is 7.06. The molecular formula is C21H22N2O2S2. The van der Waals surface area contributed by atoms with Gasteiger partial charge in [0.15, 0.2) is 5.16 Å². The molecule has 4 rings (SSSR count). The summed E-state index contributed by atoms with van der Waals surface area (Å²) >= 11 is 3.24. The Bertz CT molecular complexity index is 1060. The summed E-state index contributed by atoms with van der Waals surface area (Å²) in [5, 5.41) is 1.53. The molecule has 4 nitrogen and oxygen atoms in total. The first kappa shape index (κ1) is 18.4. The van der Waals surface area contributed by atoms with Gasteiger partial charge in [-0.25, -0.2) is 4.98 Å². The van der Waals surface area contributed by atoms with E-state index in [4.69, 9.17) is 4.98 Å². The number of nitrogens with zero attached hydrogens (tertiary/aromatic N) is 2. The molecule has 0 radical (unpaired) electrons. The Kier molecular flexibility index (Phi) is 5.19. The minimum atomic E-state index is 0.0392. The molecule has 0 fully saturated rings. The highest BCUT2D eigenvalue weighted by molar-refractivity contribution is 7.99. The van der Waals surface area contributed by atoms with Crippen LogP contribution in [-0.4, -0.2) is 21.1 Å². The van der Waals surface area contributed by atoms with Crippen LogP contribution in [0.15, 0.2) is 34.2 Å². The zero-order chi connectivity index (χ0) is 19.0. The molecular weight excluding hydrogens is 376 g/mol. The molecule has 2 heterocycles. The number of thiophene rings is 1. The molecule has 0 amide bonds. The van der Waals surface area contributed by atoms with Crippen molar-refractivity contribution >= 4 is 39.1 Å². The van der Waals surface area contributed by atoms with E-state index in [1.165, 1.54) is 10.4 Å². The molecule has 6 heteroatoms. The number of hydrogen-bond acceptors (Lipinski definition) is 5. The van der Waals surface area contributed by atoms with Gasteiger partial charge in [-0.3, -0.25) is 9.36 Å². The second-order valence-corrected chi connectivity index (χ2v) is 9.21. The van der Waals surface area contributed by atoms with Crippen LogP contribution in [0.5, 0.6) is 0 Å². The molecule has 0 bridgehead atoms. The zero-order valence-electron chi connectivity index (χ0n) is 15.6. The average molecular weight is 399 g/mol. The van der Waals surface area contributed by atoms with Gasteiger partial charge in [-0.15, -0.1) is 11.3 Å². The topological polar surface area (TPSA) is 52.0 Å². The third kappa shape index (κ3) is 3.60. The Hall–Kier alpha value is -1.92. The van der Waals surface area contributed by atoms with Crippen molar-refractivity contribution in [3.8, 4) is 5.69 Å². The summed E-state index contributed by atoms with van der Waals surface area (Å²) in [4.78, 5) is 31.7. The van der Waals surface area contributed by atoms with Gasteiger partial charge in [0.25, 0.3) is 5.56 Å². The maximum atomic E-state index is 13.5. The van der Waals surface area contributed by atoms with Crippen LogP contribution in [0.25, 0.3) is 15.9 Å². The summed E-state index contributed by atoms with van der Waals surface area (Å²) < 4.78 is 1.76. The molecule has 2 aromatic heterocycles. The van der Waals surface area contributed by atoms with Crippen LogP contribution in [0.4, 0.5) is 0 Å². The van der Waals surface area contributed by atoms with E-state index in [-0.39, 0.29) is 11.3 Å². The van der Waals surface area contributed by atoms with Gasteiger partial charge in [0.05, 0.1) is 11.1 Å². The van der Waals surface area contributed by atoms with Gasteiger partial charge >= 0.3 is 0 Å². The fraction of sp³-hybridized carbons (Fsp3) is 0.381. The highest BCUT2D eigenvalue weighted by atomic mass is 32.2. The summed E-state index contributed by atoms with van der Waals surface area (Å²) in [7, 11) is 0. The molecule has 0 saturated carbocycles. The maximum Gasteiger partial charge on any atom is 0.267 e. The predicted octanol–water partition coefficient (Wildman–Crippen LogP) is 4.71. The highest BCUT2D eigenvalue weighted by Gasteiger charge is 2.23. The van der Waals surface area contributed by atoms with E-state index < -0.39 is 0 Å². The number of rotatable bonds is 6. The molecule has 27 heavy (non-hydrogen) atoms. The number of hydrogen-bond donors (Lipinski definition) is 0. The maximum absolute atomic E-state index is 13.5. The summed E-state index contributed by atoms with van der Waals surface area (Å²) in [6, 6.07) is 8.01. The van der Waals surface area contributed by atoms with Gasteiger partial charge in [-0.1, -0.05) is 29.5 Å². The molecule has 1 aliphatic carbocycles. The third-order valence-corrected chi connectivity index (χ3v) is 7.12. The average Bonchev–Trinajstić information content (AvgIpc) is 3.20. The molecule has 140 valence electrons. The quantitative estimate of drug-likeness (QED) is 0.343. The molecule has 0 atom stereocenters. The van der Waals surface area contributed by atoms with E-state index in [9.17, 15) is 9.59 Å². The molecule has 0 aliphatic heterocycles. The van der Waals surface area contributed by atoms with Crippen molar-refractivity contribution in [2.75, 3.05) is 5.75 Å². The van der Waals surface area contributed by atoms with Crippen molar-refractivity contribution in [2.24, 2.45) is 0 Å². The van der Waals surface area contributed by atoms with Crippen LogP contribution in [0.2, 0.25) is 0 Å². The van der Waals surface area contributed by atoms with Crippen molar-refractivity contribution in [3.63, 3.8) is 0 Å². The van der Waals surface area contributed by atoms with E-state index in [1.807, 2.05) is 31.2 Å². The Balaban J connectivity index is 1.81. The van der Waals surface area contributed by atoms with Crippen molar-refractivity contribution < 1.29 is 4.79 Å². The number of Topliss-reactive ketones (excluding diaryl/α,β-unsaturated/α-hetero) is 1. The predicted molar refractivity (Wildman–Crippen MR) is 113 cm³/mol. The van der Waals surface area contributed by atoms with Crippen molar-refractivity contribution in [1.29, 1.82) is 0 Å². The van der Waals surface area contributed by atoms with Gasteiger partial charge in [-0.2, -0.15) is 0 Å². The lowest BCUT2D eigenvalue weighted by Gasteiger charge is -2.12. The van der Waals surface area contributed by atoms with Crippen LogP contribution in [0.3, 0.4) is 0 Å². The van der Waals surface area contributed by atoms with E-state index in [0.717, 1.165) is 58.1 Å². The Morgan fingerprint density at radius 1 is 1.26 bits per heavy atom. The first-order chi connectivity index (χ1) is 13.0. The monoisotopic (exact) mass is 398 g/mol. The summed E-state index contributed by atoms with van der Waals surface area (Å²) in [5.74, 6) is 0.971. The first-order valence-corrected chi connectivity index (χ1v) is 11.1. The van der Waals surface area contributed by atoms with Crippen molar-refractivity contribution in [2.45, 2.75) is 51.1 Å². The number of carbonyl (C=O) groups excluding carboxylic acids is 1. The number of ketones is 1. The highest BCUT2D eigenvalue weighted by Crippen LogP contribution is 2.36. The van der Waals surface area contributed by atoms with Crippen LogP contribution in [0.1, 0.15) is 42.2 Å². The number of aromatic nitrogens is 2. The first-order valence-electron chi connectivity index (χ1n) is 9.31. The molecule has 1 aromatic carbocycles. The third-order valence-electron chi connectivity index (χ3n) is 4.90. The fourth-order valence-corrected chi connectivity index (χ4v) is 5.78. The Morgan fingerprint density at radius 2 is 2.04 bits per heavy atom. The summed E-state index contributed by atoms with van der Waals surface area (Å²) in [5.41, 5.74) is 3.26. The molecule has 0 saturated heterocycles. The largest absolute Gasteiger partial charge is 0.300 e. The van der Waals surface area contributed by atoms with E-state index in [2.05, 4.69) is 0 Å². The standard InChI is InChI=1S/C21H22N2O2S2/c1-13-8-10-15(11-9-13)23-20(25)18-16-6-3-7-17(16)27-19(18)22-21(23)26-12-4-5-14(2)24/h8-11H,3-7,12H2,1-2H3. The van der Waals surface area contributed by atoms with Crippen LogP contribution < -0.4 is 5.56 Å². The van der Waals surface area contributed by atoms with Crippen molar-refractivity contribution in [3.05, 3.63) is 50.6 Å². The number of aryl methyl sites for hydroxylation is 3. The lowest BCUT2D eigenvalue weighted by atomic mass is 10.2. The number of thioether (sulfide) groups is 1. The molecule has 3 aromatic rings. The SMILES string of the molecule is CC(=O)CCCSc1nc2sc3c(c2c(=O)n1-c1ccc(C)cc1)CCC3. The van der Waals surface area contributed by atoms with Gasteiger partial charge in [0, 0.05) is 17.1 Å². The zero-order valence-corrected chi connectivity index (χ0v) is 17.2. The van der Waals surface area contributed by atoms with Gasteiger partial charge in [0.2, 0.25) is 0 Å². The van der Waals surface area contributed by atoms with E-state index >= 15 is 0 Å². The minimum absolute atomic E-state index is 0.0392. The summed E-state index contributed by atoms with van der Waals surface area (Å²) in [6.07, 6.45) is 4.52. The second kappa shape index (κ2) is 7.60. The fourth-order valence-electron chi connectivity index (χ4n) is 3.53. The van der Waals surface area contributed by atoms with Gasteiger partial charge < -0.3 is 4.79 Å². The van der Waals surface area contributed by atoms with Crippen LogP contribution >= 0.6 is 23.1 Å². The smallest absolute Gasteiger partial charge is 0.267 e. The van der Waals surface area contributed by atoms with Crippen LogP contribution in [0, 0.1) is 6.92 Å². The number of fused-ring (bicyclic) bond motifs is 3. The molecule has 1 aliphatic rings. The Labute approximate surface area is 166 Å². The Morgan fingerprint density at radius 3 is 2.78 bits per heavy atom. The van der Waals surface area contributed by atoms with Crippen molar-refractivity contribution in [1.82, 2.24) is 9.55 Å². The van der Waals surface area contributed by atoms with Gasteiger partial charge in [-0.05, 0) is 57.2 Å². The molecule has 0 unspecified atom stereocenters. The van der Waals surface area contributed by atoms with Crippen LogP contribution in [-0.2, 0) is 17.6 Å². The lowest BCUT2D eigenvalue weighted by Crippen LogP contribution is -2.22. The molecule has 0 spiro atoms. The summed E-state index contributed by atoms with van der Waals surface area (Å²) in [6.45, 7) is 3.65. The minimum Gasteiger partial charge on any atom is -0.300 e. The van der Waals surface area contributed by atoms with E-state index in [0.29, 0.717) is 6.42 Å².